The van der Waals surface area contributed by atoms with Gasteiger partial charge in [-0.05, 0) is 60.2 Å². The van der Waals surface area contributed by atoms with Crippen LogP contribution in [0.3, 0.4) is 0 Å². The molecule has 0 aromatic heterocycles. The zero-order chi connectivity index (χ0) is 20.5. The molecule has 152 valence electrons. The molecular weight excluding hydrogens is 384 g/mol. The van der Waals surface area contributed by atoms with E-state index in [1.54, 1.807) is 7.11 Å². The number of benzene rings is 3. The summed E-state index contributed by atoms with van der Waals surface area (Å²) in [5.41, 5.74) is 3.11. The average Bonchev–Trinajstić information content (AvgIpc) is 2.77. The molecule has 1 N–H and O–H groups in total. The van der Waals surface area contributed by atoms with E-state index >= 15 is 0 Å². The van der Waals surface area contributed by atoms with Gasteiger partial charge in [0.2, 0.25) is 0 Å². The maximum Gasteiger partial charge on any atom is 0.118 e. The smallest absolute Gasteiger partial charge is 0.118 e. The largest absolute Gasteiger partial charge is 0.497 e. The van der Waals surface area contributed by atoms with Gasteiger partial charge < -0.3 is 14.6 Å². The van der Waals surface area contributed by atoms with Crippen molar-refractivity contribution in [3.05, 3.63) is 101 Å². The van der Waals surface area contributed by atoms with Gasteiger partial charge in [-0.25, -0.2) is 0 Å². The van der Waals surface area contributed by atoms with Crippen LogP contribution in [0.1, 0.15) is 48.2 Å². The fourth-order valence-corrected chi connectivity index (χ4v) is 3.41. The van der Waals surface area contributed by atoms with Gasteiger partial charge in [-0.1, -0.05) is 66.2 Å². The molecule has 0 amide bonds. The minimum absolute atomic E-state index is 0.125. The topological polar surface area (TPSA) is 38.7 Å². The van der Waals surface area contributed by atoms with Crippen molar-refractivity contribution in [2.45, 2.75) is 31.5 Å². The van der Waals surface area contributed by atoms with Crippen LogP contribution in [-0.4, -0.2) is 18.8 Å². The van der Waals surface area contributed by atoms with Crippen LogP contribution in [0.4, 0.5) is 0 Å². The Hall–Kier alpha value is -2.33. The number of halogens is 1. The molecule has 2 unspecified atom stereocenters. The third-order valence-electron chi connectivity index (χ3n) is 4.93. The normalized spacial score (nSPS) is 13.1. The summed E-state index contributed by atoms with van der Waals surface area (Å²) < 4.78 is 11.4. The van der Waals surface area contributed by atoms with Gasteiger partial charge in [0, 0.05) is 11.6 Å². The van der Waals surface area contributed by atoms with Gasteiger partial charge in [0.05, 0.1) is 13.2 Å². The van der Waals surface area contributed by atoms with Gasteiger partial charge in [0.15, 0.2) is 0 Å². The molecule has 29 heavy (non-hydrogen) atoms. The highest BCUT2D eigenvalue weighted by Gasteiger charge is 2.15. The maximum absolute atomic E-state index is 10.4. The summed E-state index contributed by atoms with van der Waals surface area (Å²) in [5, 5.41) is 11.1. The third kappa shape index (κ3) is 6.33. The minimum Gasteiger partial charge on any atom is -0.497 e. The number of aliphatic hydroxyl groups excluding tert-OH is 1. The molecule has 0 aliphatic carbocycles. The van der Waals surface area contributed by atoms with Crippen molar-refractivity contribution in [1.82, 2.24) is 0 Å². The molecule has 0 bridgehead atoms. The summed E-state index contributed by atoms with van der Waals surface area (Å²) in [5.74, 6) is 0.795. The van der Waals surface area contributed by atoms with E-state index in [9.17, 15) is 5.11 Å². The monoisotopic (exact) mass is 410 g/mol. The maximum atomic E-state index is 10.4. The number of hydrogen-bond acceptors (Lipinski definition) is 3. The summed E-state index contributed by atoms with van der Waals surface area (Å²) in [4.78, 5) is 0. The molecule has 0 saturated carbocycles. The molecule has 3 aromatic carbocycles. The van der Waals surface area contributed by atoms with Crippen LogP contribution in [0.5, 0.6) is 5.75 Å². The first kappa shape index (κ1) is 21.4. The second-order valence-electron chi connectivity index (χ2n) is 7.00. The van der Waals surface area contributed by atoms with Gasteiger partial charge >= 0.3 is 0 Å². The summed E-state index contributed by atoms with van der Waals surface area (Å²) >= 11 is 6.03. The molecule has 0 heterocycles. The van der Waals surface area contributed by atoms with E-state index in [0.29, 0.717) is 18.1 Å². The van der Waals surface area contributed by atoms with E-state index in [1.165, 1.54) is 0 Å². The molecule has 0 saturated heterocycles. The van der Waals surface area contributed by atoms with Crippen molar-refractivity contribution in [2.75, 3.05) is 13.7 Å². The van der Waals surface area contributed by atoms with Crippen LogP contribution in [0.15, 0.2) is 78.9 Å². The first-order chi connectivity index (χ1) is 14.2. The third-order valence-corrected chi connectivity index (χ3v) is 5.18. The lowest BCUT2D eigenvalue weighted by atomic mass is 10.0. The summed E-state index contributed by atoms with van der Waals surface area (Å²) in [6, 6.07) is 25.6. The van der Waals surface area contributed by atoms with Crippen molar-refractivity contribution < 1.29 is 14.6 Å². The quantitative estimate of drug-likeness (QED) is 0.395. The fourth-order valence-electron chi connectivity index (χ4n) is 3.28. The lowest BCUT2D eigenvalue weighted by Gasteiger charge is -2.19. The summed E-state index contributed by atoms with van der Waals surface area (Å²) in [6.45, 7) is 0.623. The Kier molecular flexibility index (Phi) is 8.12. The molecule has 0 aliphatic heterocycles. The van der Waals surface area contributed by atoms with Gasteiger partial charge in [-0.2, -0.15) is 0 Å². The SMILES string of the molecule is COc1ccc(C(O)CCCCOC(c2ccccc2)c2ccc(Cl)cc2)cc1. The Bertz CT molecular complexity index is 848. The molecular formula is C25H27ClO3. The minimum atomic E-state index is -0.470. The predicted octanol–water partition coefficient (Wildman–Crippen LogP) is 6.36. The number of methoxy groups -OCH3 is 1. The van der Waals surface area contributed by atoms with E-state index in [4.69, 9.17) is 21.1 Å². The van der Waals surface area contributed by atoms with E-state index in [2.05, 4.69) is 12.1 Å². The number of hydrogen-bond donors (Lipinski definition) is 1. The van der Waals surface area contributed by atoms with Crippen molar-refractivity contribution >= 4 is 11.6 Å². The Morgan fingerprint density at radius 1 is 0.793 bits per heavy atom. The van der Waals surface area contributed by atoms with Crippen molar-refractivity contribution in [1.29, 1.82) is 0 Å². The first-order valence-corrected chi connectivity index (χ1v) is 10.3. The van der Waals surface area contributed by atoms with E-state index < -0.39 is 6.10 Å². The standard InChI is InChI=1S/C25H27ClO3/c1-28-23-16-12-19(13-17-23)24(27)9-5-6-18-29-25(20-7-3-2-4-8-20)21-10-14-22(26)15-11-21/h2-4,7-8,10-17,24-25,27H,5-6,9,18H2,1H3. The Morgan fingerprint density at radius 3 is 2.07 bits per heavy atom. The molecule has 3 rings (SSSR count). The average molecular weight is 411 g/mol. The summed E-state index contributed by atoms with van der Waals surface area (Å²) in [7, 11) is 1.64. The van der Waals surface area contributed by atoms with E-state index in [1.807, 2.05) is 66.7 Å². The lowest BCUT2D eigenvalue weighted by Crippen LogP contribution is -2.08. The van der Waals surface area contributed by atoms with Gasteiger partial charge in [0.1, 0.15) is 11.9 Å². The molecule has 0 aliphatic rings. The van der Waals surface area contributed by atoms with Gasteiger partial charge in [0.25, 0.3) is 0 Å². The zero-order valence-corrected chi connectivity index (χ0v) is 17.4. The Balaban J connectivity index is 1.51. The number of ether oxygens (including phenoxy) is 2. The number of rotatable bonds is 10. The molecule has 0 radical (unpaired) electrons. The van der Waals surface area contributed by atoms with Crippen LogP contribution < -0.4 is 4.74 Å². The Labute approximate surface area is 177 Å². The second-order valence-corrected chi connectivity index (χ2v) is 7.43. The van der Waals surface area contributed by atoms with Crippen LogP contribution in [-0.2, 0) is 4.74 Å². The first-order valence-electron chi connectivity index (χ1n) is 9.91. The molecule has 3 nitrogen and oxygen atoms in total. The highest BCUT2D eigenvalue weighted by molar-refractivity contribution is 6.30. The van der Waals surface area contributed by atoms with E-state index in [-0.39, 0.29) is 6.10 Å². The number of aliphatic hydroxyl groups is 1. The van der Waals surface area contributed by atoms with Crippen LogP contribution in [0, 0.1) is 0 Å². The highest BCUT2D eigenvalue weighted by Crippen LogP contribution is 2.28. The van der Waals surface area contributed by atoms with Crippen LogP contribution in [0.2, 0.25) is 5.02 Å². The predicted molar refractivity (Wildman–Crippen MR) is 117 cm³/mol. The number of unbranched alkanes of at least 4 members (excludes halogenated alkanes) is 1. The molecule has 0 spiro atoms. The second kappa shape index (κ2) is 11.0. The van der Waals surface area contributed by atoms with E-state index in [0.717, 1.165) is 35.3 Å². The highest BCUT2D eigenvalue weighted by atomic mass is 35.5. The fraction of sp³-hybridized carbons (Fsp3) is 0.280. The van der Waals surface area contributed by atoms with Gasteiger partial charge in [-0.3, -0.25) is 0 Å². The summed E-state index contributed by atoms with van der Waals surface area (Å²) in [6.07, 6.45) is 1.87. The molecule has 4 heteroatoms. The van der Waals surface area contributed by atoms with Crippen LogP contribution >= 0.6 is 11.6 Å². The van der Waals surface area contributed by atoms with Gasteiger partial charge in [-0.15, -0.1) is 0 Å². The van der Waals surface area contributed by atoms with Crippen LogP contribution in [0.25, 0.3) is 0 Å². The lowest BCUT2D eigenvalue weighted by molar-refractivity contribution is 0.0735. The molecule has 3 aromatic rings. The molecule has 0 fully saturated rings. The van der Waals surface area contributed by atoms with Crippen molar-refractivity contribution in [3.8, 4) is 5.75 Å². The Morgan fingerprint density at radius 2 is 1.41 bits per heavy atom. The van der Waals surface area contributed by atoms with Crippen molar-refractivity contribution in [2.24, 2.45) is 0 Å². The van der Waals surface area contributed by atoms with Crippen molar-refractivity contribution in [3.63, 3.8) is 0 Å². The molecule has 2 atom stereocenters. The zero-order valence-electron chi connectivity index (χ0n) is 16.6.